The molecule has 9 heteroatoms. The number of thioether (sulfide) groups is 1. The van der Waals surface area contributed by atoms with E-state index in [1.807, 2.05) is 42.5 Å². The van der Waals surface area contributed by atoms with Crippen molar-refractivity contribution in [3.63, 3.8) is 0 Å². The Morgan fingerprint density at radius 2 is 1.81 bits per heavy atom. The number of rotatable bonds is 6. The van der Waals surface area contributed by atoms with Crippen LogP contribution in [0.3, 0.4) is 0 Å². The predicted octanol–water partition coefficient (Wildman–Crippen LogP) is 4.20. The molecule has 4 rings (SSSR count). The fourth-order valence-electron chi connectivity index (χ4n) is 3.08. The van der Waals surface area contributed by atoms with Gasteiger partial charge in [-0.2, -0.15) is 0 Å². The highest BCUT2D eigenvalue weighted by Gasteiger charge is 2.18. The fourth-order valence-corrected chi connectivity index (χ4v) is 6.04. The summed E-state index contributed by atoms with van der Waals surface area (Å²) < 4.78 is 27.5. The maximum Gasteiger partial charge on any atom is 0.262 e. The van der Waals surface area contributed by atoms with Gasteiger partial charge in [-0.25, -0.2) is 17.7 Å². The van der Waals surface area contributed by atoms with Crippen molar-refractivity contribution in [2.24, 2.45) is 7.05 Å². The lowest BCUT2D eigenvalue weighted by molar-refractivity contribution is 0.520. The molecular formula is C22H21N3O3S3. The number of sulfonamides is 1. The molecule has 0 fully saturated rings. The molecule has 160 valence electrons. The van der Waals surface area contributed by atoms with Gasteiger partial charge in [0.25, 0.3) is 5.56 Å². The van der Waals surface area contributed by atoms with Crippen LogP contribution in [0.4, 0.5) is 0 Å². The van der Waals surface area contributed by atoms with Gasteiger partial charge in [0.2, 0.25) is 10.0 Å². The quantitative estimate of drug-likeness (QED) is 0.311. The molecule has 0 aliphatic carbocycles. The van der Waals surface area contributed by atoms with Crippen LogP contribution in [0.25, 0.3) is 20.7 Å². The van der Waals surface area contributed by atoms with Crippen LogP contribution in [-0.4, -0.2) is 36.4 Å². The van der Waals surface area contributed by atoms with Gasteiger partial charge < -0.3 is 0 Å². The van der Waals surface area contributed by atoms with Crippen LogP contribution < -0.4 is 5.56 Å². The van der Waals surface area contributed by atoms with Gasteiger partial charge in [-0.3, -0.25) is 9.36 Å². The molecule has 0 N–H and O–H groups in total. The topological polar surface area (TPSA) is 72.3 Å². The van der Waals surface area contributed by atoms with E-state index in [0.29, 0.717) is 21.1 Å². The Morgan fingerprint density at radius 1 is 1.06 bits per heavy atom. The molecule has 31 heavy (non-hydrogen) atoms. The van der Waals surface area contributed by atoms with Gasteiger partial charge in [-0.1, -0.05) is 54.2 Å². The Kier molecular flexibility index (Phi) is 6.02. The van der Waals surface area contributed by atoms with Gasteiger partial charge >= 0.3 is 0 Å². The van der Waals surface area contributed by atoms with Crippen LogP contribution in [-0.2, 0) is 22.8 Å². The summed E-state index contributed by atoms with van der Waals surface area (Å²) in [7, 11) is 1.24. The molecule has 0 saturated heterocycles. The number of nitrogens with zero attached hydrogens (tertiary/aromatic N) is 3. The second-order valence-corrected chi connectivity index (χ2v) is 11.3. The number of thiophene rings is 1. The standard InChI is InChI=1S/C22H21N3O3S3/c1-24(2)31(27,28)17-11-7-8-15(12-17)14-29-22-23-20-18(21(26)25(22)3)13-19(30-20)16-9-5-4-6-10-16/h4-13H,14H2,1-3H3. The average Bonchev–Trinajstić information content (AvgIpc) is 3.20. The number of hydrogen-bond donors (Lipinski definition) is 0. The normalized spacial score (nSPS) is 12.0. The molecule has 0 amide bonds. The van der Waals surface area contributed by atoms with E-state index in [1.165, 1.54) is 41.5 Å². The van der Waals surface area contributed by atoms with Crippen molar-refractivity contribution in [3.05, 3.63) is 76.6 Å². The zero-order chi connectivity index (χ0) is 22.2. The van der Waals surface area contributed by atoms with Crippen LogP contribution in [0.1, 0.15) is 5.56 Å². The molecule has 0 bridgehead atoms. The molecule has 0 saturated carbocycles. The summed E-state index contributed by atoms with van der Waals surface area (Å²) in [6, 6.07) is 18.7. The molecule has 0 aliphatic heterocycles. The Morgan fingerprint density at radius 3 is 2.52 bits per heavy atom. The van der Waals surface area contributed by atoms with Gasteiger partial charge in [0.1, 0.15) is 4.83 Å². The molecule has 6 nitrogen and oxygen atoms in total. The molecule has 2 heterocycles. The number of fused-ring (bicyclic) bond motifs is 1. The number of aromatic nitrogens is 2. The lowest BCUT2D eigenvalue weighted by Gasteiger charge is -2.12. The molecule has 4 aromatic rings. The van der Waals surface area contributed by atoms with Gasteiger partial charge in [-0.05, 0) is 29.3 Å². The largest absolute Gasteiger partial charge is 0.290 e. The Hall–Kier alpha value is -2.46. The summed E-state index contributed by atoms with van der Waals surface area (Å²) in [5.74, 6) is 0.499. The maximum absolute atomic E-state index is 12.9. The highest BCUT2D eigenvalue weighted by molar-refractivity contribution is 7.98. The van der Waals surface area contributed by atoms with Crippen molar-refractivity contribution < 1.29 is 8.42 Å². The molecule has 2 aromatic heterocycles. The van der Waals surface area contributed by atoms with Crippen LogP contribution >= 0.6 is 23.1 Å². The first-order valence-electron chi connectivity index (χ1n) is 9.47. The summed E-state index contributed by atoms with van der Waals surface area (Å²) in [6.45, 7) is 0. The van der Waals surface area contributed by atoms with Crippen molar-refractivity contribution in [1.29, 1.82) is 0 Å². The van der Waals surface area contributed by atoms with Crippen molar-refractivity contribution >= 4 is 43.3 Å². The van der Waals surface area contributed by atoms with Gasteiger partial charge in [0.15, 0.2) is 5.16 Å². The lowest BCUT2D eigenvalue weighted by Crippen LogP contribution is -2.22. The van der Waals surface area contributed by atoms with Crippen molar-refractivity contribution in [2.75, 3.05) is 14.1 Å². The first-order chi connectivity index (χ1) is 14.8. The third kappa shape index (κ3) is 4.31. The van der Waals surface area contributed by atoms with Crippen LogP contribution in [0.5, 0.6) is 0 Å². The van der Waals surface area contributed by atoms with E-state index in [0.717, 1.165) is 16.0 Å². The zero-order valence-electron chi connectivity index (χ0n) is 17.3. The molecule has 0 atom stereocenters. The maximum atomic E-state index is 12.9. The van der Waals surface area contributed by atoms with Crippen molar-refractivity contribution in [1.82, 2.24) is 13.9 Å². The molecular weight excluding hydrogens is 450 g/mol. The fraction of sp³-hybridized carbons (Fsp3) is 0.182. The molecule has 2 aromatic carbocycles. The third-order valence-corrected chi connectivity index (χ3v) is 8.83. The molecule has 0 aliphatic rings. The van der Waals surface area contributed by atoms with Gasteiger partial charge in [-0.15, -0.1) is 11.3 Å². The SMILES string of the molecule is CN(C)S(=O)(=O)c1cccc(CSc2nc3sc(-c4ccccc4)cc3c(=O)n2C)c1. The van der Waals surface area contributed by atoms with E-state index in [2.05, 4.69) is 0 Å². The Labute approximate surface area is 189 Å². The van der Waals surface area contributed by atoms with Crippen molar-refractivity contribution in [3.8, 4) is 10.4 Å². The van der Waals surface area contributed by atoms with Crippen LogP contribution in [0, 0.1) is 0 Å². The minimum atomic E-state index is -3.49. The molecule has 0 unspecified atom stereocenters. The van der Waals surface area contributed by atoms with E-state index in [-0.39, 0.29) is 10.5 Å². The van der Waals surface area contributed by atoms with Gasteiger partial charge in [0.05, 0.1) is 10.3 Å². The van der Waals surface area contributed by atoms with Crippen LogP contribution in [0.2, 0.25) is 0 Å². The van der Waals surface area contributed by atoms with E-state index >= 15 is 0 Å². The first kappa shape index (κ1) is 21.8. The number of hydrogen-bond acceptors (Lipinski definition) is 6. The van der Waals surface area contributed by atoms with Gasteiger partial charge in [0, 0.05) is 31.8 Å². The summed E-state index contributed by atoms with van der Waals surface area (Å²) in [4.78, 5) is 19.6. The molecule has 0 spiro atoms. The minimum Gasteiger partial charge on any atom is -0.290 e. The monoisotopic (exact) mass is 471 g/mol. The molecule has 0 radical (unpaired) electrons. The third-order valence-electron chi connectivity index (χ3n) is 4.83. The second-order valence-electron chi connectivity index (χ2n) is 7.18. The predicted molar refractivity (Wildman–Crippen MR) is 127 cm³/mol. The Bertz CT molecular complexity index is 1410. The van der Waals surface area contributed by atoms with Crippen molar-refractivity contribution in [2.45, 2.75) is 15.8 Å². The van der Waals surface area contributed by atoms with Crippen LogP contribution in [0.15, 0.2) is 75.5 Å². The zero-order valence-corrected chi connectivity index (χ0v) is 19.7. The summed E-state index contributed by atoms with van der Waals surface area (Å²) in [5.41, 5.74) is 1.81. The highest BCUT2D eigenvalue weighted by atomic mass is 32.2. The summed E-state index contributed by atoms with van der Waals surface area (Å²) >= 11 is 2.91. The summed E-state index contributed by atoms with van der Waals surface area (Å²) in [5, 5.41) is 1.20. The van der Waals surface area contributed by atoms with E-state index in [4.69, 9.17) is 4.98 Å². The average molecular weight is 472 g/mol. The number of benzene rings is 2. The highest BCUT2D eigenvalue weighted by Crippen LogP contribution is 2.32. The lowest BCUT2D eigenvalue weighted by atomic mass is 10.2. The minimum absolute atomic E-state index is 0.0881. The first-order valence-corrected chi connectivity index (χ1v) is 12.7. The van der Waals surface area contributed by atoms with E-state index in [9.17, 15) is 13.2 Å². The van der Waals surface area contributed by atoms with E-state index < -0.39 is 10.0 Å². The van der Waals surface area contributed by atoms with E-state index in [1.54, 1.807) is 29.8 Å². The summed E-state index contributed by atoms with van der Waals surface area (Å²) in [6.07, 6.45) is 0. The Balaban J connectivity index is 1.64. The smallest absolute Gasteiger partial charge is 0.262 e. The second kappa shape index (κ2) is 8.58.